The van der Waals surface area contributed by atoms with Gasteiger partial charge in [-0.25, -0.2) is 4.79 Å². The van der Waals surface area contributed by atoms with E-state index in [-0.39, 0.29) is 11.9 Å². The summed E-state index contributed by atoms with van der Waals surface area (Å²) in [4.78, 5) is 28.6. The minimum atomic E-state index is -0.756. The Morgan fingerprint density at radius 2 is 1.55 bits per heavy atom. The molecule has 1 aliphatic heterocycles. The maximum absolute atomic E-state index is 12.5. The molecule has 1 aliphatic carbocycles. The fourth-order valence-electron chi connectivity index (χ4n) is 5.01. The van der Waals surface area contributed by atoms with Crippen LogP contribution in [0.15, 0.2) is 60.7 Å². The molecule has 6 nitrogen and oxygen atoms in total. The van der Waals surface area contributed by atoms with E-state index in [0.717, 1.165) is 43.6 Å². The van der Waals surface area contributed by atoms with Gasteiger partial charge in [0, 0.05) is 33.7 Å². The first-order valence-electron chi connectivity index (χ1n) is 10.9. The molecule has 2 atom stereocenters. The zero-order chi connectivity index (χ0) is 22.1. The van der Waals surface area contributed by atoms with Crippen molar-refractivity contribution in [2.45, 2.75) is 30.2 Å². The monoisotopic (exact) mass is 421 g/mol. The van der Waals surface area contributed by atoms with Gasteiger partial charge in [0.15, 0.2) is 0 Å². The SMILES string of the molecule is CN(C)C(=O)NC1(c2ccccc2)CCN(CC2CC2(C(=O)O)c2ccccc2)CC1. The largest absolute Gasteiger partial charge is 0.481 e. The van der Waals surface area contributed by atoms with Crippen molar-refractivity contribution in [1.29, 1.82) is 0 Å². The number of aliphatic carboxylic acids is 1. The molecule has 2 N–H and O–H groups in total. The van der Waals surface area contributed by atoms with Gasteiger partial charge in [-0.15, -0.1) is 0 Å². The molecule has 2 aromatic rings. The summed E-state index contributed by atoms with van der Waals surface area (Å²) in [5.74, 6) is -0.606. The fraction of sp³-hybridized carbons (Fsp3) is 0.440. The first-order chi connectivity index (χ1) is 14.9. The Balaban J connectivity index is 1.46. The van der Waals surface area contributed by atoms with E-state index in [0.29, 0.717) is 6.42 Å². The van der Waals surface area contributed by atoms with Crippen LogP contribution in [0.2, 0.25) is 0 Å². The molecular weight excluding hydrogens is 390 g/mol. The molecule has 2 unspecified atom stereocenters. The van der Waals surface area contributed by atoms with Crippen molar-refractivity contribution in [3.63, 3.8) is 0 Å². The molecule has 2 aromatic carbocycles. The summed E-state index contributed by atoms with van der Waals surface area (Å²) in [5.41, 5.74) is 0.877. The Morgan fingerprint density at radius 3 is 2.06 bits per heavy atom. The van der Waals surface area contributed by atoms with E-state index in [9.17, 15) is 14.7 Å². The van der Waals surface area contributed by atoms with Crippen LogP contribution in [-0.2, 0) is 15.7 Å². The summed E-state index contributed by atoms with van der Waals surface area (Å²) in [6.45, 7) is 2.42. The third-order valence-corrected chi connectivity index (χ3v) is 7.04. The van der Waals surface area contributed by atoms with Crippen molar-refractivity contribution in [1.82, 2.24) is 15.1 Å². The van der Waals surface area contributed by atoms with Gasteiger partial charge in [-0.3, -0.25) is 4.79 Å². The lowest BCUT2D eigenvalue weighted by Gasteiger charge is -2.43. The molecule has 31 heavy (non-hydrogen) atoms. The lowest BCUT2D eigenvalue weighted by atomic mass is 9.80. The van der Waals surface area contributed by atoms with Gasteiger partial charge in [0.1, 0.15) is 0 Å². The molecule has 1 saturated carbocycles. The minimum absolute atomic E-state index is 0.0894. The number of nitrogens with one attached hydrogen (secondary N) is 1. The molecule has 1 heterocycles. The van der Waals surface area contributed by atoms with Crippen LogP contribution in [0, 0.1) is 5.92 Å². The predicted molar refractivity (Wildman–Crippen MR) is 120 cm³/mol. The number of hydrogen-bond donors (Lipinski definition) is 2. The highest BCUT2D eigenvalue weighted by Crippen LogP contribution is 2.55. The summed E-state index contributed by atoms with van der Waals surface area (Å²) >= 11 is 0. The van der Waals surface area contributed by atoms with E-state index in [2.05, 4.69) is 22.3 Å². The number of hydrogen-bond acceptors (Lipinski definition) is 3. The van der Waals surface area contributed by atoms with E-state index >= 15 is 0 Å². The standard InChI is InChI=1S/C25H31N3O3/c1-27(2)23(31)26-24(19-9-5-3-6-10-19)13-15-28(16-14-24)18-21-17-25(21,22(29)30)20-11-7-4-8-12-20/h3-12,21H,13-18H2,1-2H3,(H,26,31)(H,29,30). The maximum atomic E-state index is 12.5. The molecule has 0 spiro atoms. The second-order valence-corrected chi connectivity index (χ2v) is 9.12. The predicted octanol–water partition coefficient (Wildman–Crippen LogP) is 3.29. The highest BCUT2D eigenvalue weighted by molar-refractivity contribution is 5.86. The van der Waals surface area contributed by atoms with Gasteiger partial charge in [0.25, 0.3) is 0 Å². The number of carbonyl (C=O) groups is 2. The number of carboxylic acids is 1. The van der Waals surface area contributed by atoms with E-state index in [1.165, 1.54) is 0 Å². The second-order valence-electron chi connectivity index (χ2n) is 9.12. The number of carboxylic acid groups (broad SMARTS) is 1. The van der Waals surface area contributed by atoms with Gasteiger partial charge in [0.05, 0.1) is 11.0 Å². The Morgan fingerprint density at radius 1 is 1.00 bits per heavy atom. The van der Waals surface area contributed by atoms with Crippen LogP contribution < -0.4 is 5.32 Å². The highest BCUT2D eigenvalue weighted by Gasteiger charge is 2.61. The molecule has 4 rings (SSSR count). The molecular formula is C25H31N3O3. The van der Waals surface area contributed by atoms with Gasteiger partial charge in [-0.05, 0) is 36.3 Å². The van der Waals surface area contributed by atoms with Gasteiger partial charge in [0.2, 0.25) is 0 Å². The highest BCUT2D eigenvalue weighted by atomic mass is 16.4. The number of amides is 2. The van der Waals surface area contributed by atoms with Crippen molar-refractivity contribution in [2.24, 2.45) is 5.92 Å². The number of likely N-dealkylation sites (tertiary alicyclic amines) is 1. The normalized spacial score (nSPS) is 24.9. The lowest BCUT2D eigenvalue weighted by Crippen LogP contribution is -2.55. The van der Waals surface area contributed by atoms with Gasteiger partial charge in [-0.2, -0.15) is 0 Å². The number of benzene rings is 2. The minimum Gasteiger partial charge on any atom is -0.481 e. The average molecular weight is 422 g/mol. The summed E-state index contributed by atoms with van der Waals surface area (Å²) in [6.07, 6.45) is 2.29. The fourth-order valence-corrected chi connectivity index (χ4v) is 5.01. The molecule has 0 aromatic heterocycles. The zero-order valence-electron chi connectivity index (χ0n) is 18.3. The van der Waals surface area contributed by atoms with E-state index in [1.807, 2.05) is 48.5 Å². The first kappa shape index (κ1) is 21.4. The average Bonchev–Trinajstić information content (AvgIpc) is 3.51. The third kappa shape index (κ3) is 4.04. The summed E-state index contributed by atoms with van der Waals surface area (Å²) in [7, 11) is 3.51. The molecule has 2 amide bonds. The molecule has 164 valence electrons. The Labute approximate surface area is 183 Å². The number of nitrogens with zero attached hydrogens (tertiary/aromatic N) is 2. The van der Waals surface area contributed by atoms with E-state index in [1.54, 1.807) is 19.0 Å². The zero-order valence-corrected chi connectivity index (χ0v) is 18.3. The quantitative estimate of drug-likeness (QED) is 0.751. The van der Waals surface area contributed by atoms with Crippen molar-refractivity contribution >= 4 is 12.0 Å². The molecule has 1 saturated heterocycles. The van der Waals surface area contributed by atoms with Gasteiger partial charge in [-0.1, -0.05) is 60.7 Å². The van der Waals surface area contributed by atoms with Crippen LogP contribution in [0.4, 0.5) is 4.79 Å². The Bertz CT molecular complexity index is 924. The van der Waals surface area contributed by atoms with Gasteiger partial charge >= 0.3 is 12.0 Å². The van der Waals surface area contributed by atoms with Crippen LogP contribution >= 0.6 is 0 Å². The Hall–Kier alpha value is -2.86. The Kier molecular flexibility index (Phi) is 5.75. The summed E-state index contributed by atoms with van der Waals surface area (Å²) in [6, 6.07) is 19.7. The van der Waals surface area contributed by atoms with Gasteiger partial charge < -0.3 is 20.2 Å². The maximum Gasteiger partial charge on any atom is 0.317 e. The molecule has 6 heteroatoms. The van der Waals surface area contributed by atoms with E-state index < -0.39 is 16.9 Å². The lowest BCUT2D eigenvalue weighted by molar-refractivity contribution is -0.140. The molecule has 2 aliphatic rings. The second kappa shape index (κ2) is 8.35. The van der Waals surface area contributed by atoms with Crippen molar-refractivity contribution < 1.29 is 14.7 Å². The number of piperidine rings is 1. The van der Waals surface area contributed by atoms with Crippen LogP contribution in [0.5, 0.6) is 0 Å². The smallest absolute Gasteiger partial charge is 0.317 e. The van der Waals surface area contributed by atoms with Crippen LogP contribution in [0.3, 0.4) is 0 Å². The molecule has 0 bridgehead atoms. The number of rotatable bonds is 6. The first-order valence-corrected chi connectivity index (χ1v) is 10.9. The van der Waals surface area contributed by atoms with E-state index in [4.69, 9.17) is 0 Å². The summed E-state index contributed by atoms with van der Waals surface area (Å²) in [5, 5.41) is 13.2. The third-order valence-electron chi connectivity index (χ3n) is 7.04. The van der Waals surface area contributed by atoms with Crippen molar-refractivity contribution in [3.8, 4) is 0 Å². The number of urea groups is 1. The van der Waals surface area contributed by atoms with Crippen molar-refractivity contribution in [2.75, 3.05) is 33.7 Å². The topological polar surface area (TPSA) is 72.9 Å². The number of carbonyl (C=O) groups excluding carboxylic acids is 1. The van der Waals surface area contributed by atoms with Crippen LogP contribution in [-0.4, -0.2) is 60.6 Å². The molecule has 2 fully saturated rings. The van der Waals surface area contributed by atoms with Crippen LogP contribution in [0.1, 0.15) is 30.4 Å². The molecule has 0 radical (unpaired) electrons. The van der Waals surface area contributed by atoms with Crippen LogP contribution in [0.25, 0.3) is 0 Å². The summed E-state index contributed by atoms with van der Waals surface area (Å²) < 4.78 is 0. The van der Waals surface area contributed by atoms with Crippen molar-refractivity contribution in [3.05, 3.63) is 71.8 Å².